The summed E-state index contributed by atoms with van der Waals surface area (Å²) in [5.41, 5.74) is 6.97. The Hall–Kier alpha value is -3.13. The molecule has 0 unspecified atom stereocenters. The maximum Gasteiger partial charge on any atom is 0.271 e. The minimum absolute atomic E-state index is 0.288. The molecule has 1 heterocycles. The van der Waals surface area contributed by atoms with Crippen molar-refractivity contribution in [1.82, 2.24) is 15.2 Å². The lowest BCUT2D eigenvalue weighted by Crippen LogP contribution is -2.17. The van der Waals surface area contributed by atoms with E-state index in [1.54, 1.807) is 38.6 Å². The molecule has 0 saturated carbocycles. The fraction of sp³-hybridized carbons (Fsp3) is 0.227. The number of aryl methyl sites for hydroxylation is 2. The first-order chi connectivity index (χ1) is 14.4. The Balaban J connectivity index is 1.63. The molecular weight excluding hydrogens is 448 g/mol. The van der Waals surface area contributed by atoms with Crippen molar-refractivity contribution in [3.63, 3.8) is 0 Å². The maximum atomic E-state index is 12.4. The average Bonchev–Trinajstić information content (AvgIpc) is 3.04. The predicted octanol–water partition coefficient (Wildman–Crippen LogP) is 4.09. The van der Waals surface area contributed by atoms with Crippen LogP contribution in [0, 0.1) is 13.8 Å². The number of hydrogen-bond acceptors (Lipinski definition) is 5. The van der Waals surface area contributed by atoms with E-state index in [1.807, 2.05) is 42.8 Å². The highest BCUT2D eigenvalue weighted by atomic mass is 79.9. The van der Waals surface area contributed by atoms with E-state index >= 15 is 0 Å². The quantitative estimate of drug-likeness (QED) is 0.416. The van der Waals surface area contributed by atoms with Crippen LogP contribution in [0.1, 0.15) is 32.9 Å². The van der Waals surface area contributed by atoms with E-state index in [4.69, 9.17) is 9.47 Å². The number of rotatable bonds is 7. The smallest absolute Gasteiger partial charge is 0.271 e. The van der Waals surface area contributed by atoms with Gasteiger partial charge in [0.05, 0.1) is 37.1 Å². The van der Waals surface area contributed by atoms with Crippen LogP contribution >= 0.6 is 15.9 Å². The van der Waals surface area contributed by atoms with Gasteiger partial charge in [-0.05, 0) is 71.2 Å². The fourth-order valence-corrected chi connectivity index (χ4v) is 3.63. The molecule has 3 rings (SSSR count). The Labute approximate surface area is 183 Å². The fourth-order valence-electron chi connectivity index (χ4n) is 3.01. The second-order valence-electron chi connectivity index (χ2n) is 6.72. The molecule has 1 amide bonds. The predicted molar refractivity (Wildman–Crippen MR) is 120 cm³/mol. The summed E-state index contributed by atoms with van der Waals surface area (Å²) in [4.78, 5) is 12.4. The topological polar surface area (TPSA) is 77.7 Å². The van der Waals surface area contributed by atoms with Crippen LogP contribution in [0.2, 0.25) is 0 Å². The molecule has 7 nitrogen and oxygen atoms in total. The number of hydrogen-bond donors (Lipinski definition) is 1. The summed E-state index contributed by atoms with van der Waals surface area (Å²) < 4.78 is 13.3. The summed E-state index contributed by atoms with van der Waals surface area (Å²) >= 11 is 3.43. The van der Waals surface area contributed by atoms with E-state index in [-0.39, 0.29) is 5.91 Å². The lowest BCUT2D eigenvalue weighted by atomic mass is 10.1. The van der Waals surface area contributed by atoms with E-state index in [2.05, 4.69) is 31.6 Å². The van der Waals surface area contributed by atoms with Crippen molar-refractivity contribution in [3.05, 3.63) is 75.0 Å². The molecule has 0 aliphatic rings. The SMILES string of the molecule is COc1cc(C=NNC(=O)c2ccc(Cn3nc(C)cc3C)cc2)cc(Br)c1OC. The van der Waals surface area contributed by atoms with Gasteiger partial charge < -0.3 is 9.47 Å². The summed E-state index contributed by atoms with van der Waals surface area (Å²) in [6, 6.07) is 13.0. The molecule has 1 N–H and O–H groups in total. The van der Waals surface area contributed by atoms with Gasteiger partial charge in [0.25, 0.3) is 5.91 Å². The average molecular weight is 471 g/mol. The van der Waals surface area contributed by atoms with Gasteiger partial charge in [0.1, 0.15) is 0 Å². The zero-order valence-electron chi connectivity index (χ0n) is 17.3. The van der Waals surface area contributed by atoms with Gasteiger partial charge in [0.2, 0.25) is 0 Å². The number of ether oxygens (including phenoxy) is 2. The number of benzene rings is 2. The number of nitrogens with one attached hydrogen (secondary N) is 1. The molecule has 0 bridgehead atoms. The molecule has 0 saturated heterocycles. The molecule has 0 aliphatic carbocycles. The minimum Gasteiger partial charge on any atom is -0.493 e. The first-order valence-electron chi connectivity index (χ1n) is 9.26. The van der Waals surface area contributed by atoms with Gasteiger partial charge >= 0.3 is 0 Å². The van der Waals surface area contributed by atoms with E-state index in [0.717, 1.165) is 27.0 Å². The van der Waals surface area contributed by atoms with E-state index < -0.39 is 0 Å². The highest BCUT2D eigenvalue weighted by molar-refractivity contribution is 9.10. The van der Waals surface area contributed by atoms with Crippen molar-refractivity contribution in [2.45, 2.75) is 20.4 Å². The van der Waals surface area contributed by atoms with E-state index in [0.29, 0.717) is 23.6 Å². The molecule has 0 aliphatic heterocycles. The van der Waals surface area contributed by atoms with Crippen molar-refractivity contribution in [2.24, 2.45) is 5.10 Å². The summed E-state index contributed by atoms with van der Waals surface area (Å²) in [6.07, 6.45) is 1.54. The summed E-state index contributed by atoms with van der Waals surface area (Å²) in [7, 11) is 3.13. The molecule has 3 aromatic rings. The number of carbonyl (C=O) groups is 1. The Kier molecular flexibility index (Phi) is 6.89. The van der Waals surface area contributed by atoms with Crippen LogP contribution < -0.4 is 14.9 Å². The number of amides is 1. The standard InChI is InChI=1S/C22H23BrN4O3/c1-14-9-15(2)27(26-14)13-16-5-7-18(8-6-16)22(28)25-24-12-17-10-19(23)21(30-4)20(11-17)29-3/h5-12H,13H2,1-4H3,(H,25,28). The Morgan fingerprint density at radius 3 is 2.50 bits per heavy atom. The summed E-state index contributed by atoms with van der Waals surface area (Å²) in [6.45, 7) is 4.66. The van der Waals surface area contributed by atoms with Gasteiger partial charge in [-0.1, -0.05) is 12.1 Å². The minimum atomic E-state index is -0.288. The third-order valence-corrected chi connectivity index (χ3v) is 5.08. The zero-order valence-corrected chi connectivity index (χ0v) is 18.9. The number of nitrogens with zero attached hydrogens (tertiary/aromatic N) is 3. The van der Waals surface area contributed by atoms with Crippen LogP contribution in [0.15, 0.2) is 52.0 Å². The Bertz CT molecular complexity index is 1070. The summed E-state index contributed by atoms with van der Waals surface area (Å²) in [5, 5.41) is 8.50. The van der Waals surface area contributed by atoms with Gasteiger partial charge in [0.15, 0.2) is 11.5 Å². The van der Waals surface area contributed by atoms with Gasteiger partial charge in [-0.15, -0.1) is 0 Å². The molecule has 0 atom stereocenters. The lowest BCUT2D eigenvalue weighted by Gasteiger charge is -2.10. The molecule has 2 aromatic carbocycles. The third kappa shape index (κ3) is 5.07. The second kappa shape index (κ2) is 9.58. The molecule has 0 fully saturated rings. The van der Waals surface area contributed by atoms with Crippen LogP contribution in [-0.2, 0) is 6.54 Å². The molecule has 0 radical (unpaired) electrons. The van der Waals surface area contributed by atoms with Gasteiger partial charge in [-0.25, -0.2) is 5.43 Å². The van der Waals surface area contributed by atoms with Gasteiger partial charge in [-0.3, -0.25) is 9.48 Å². The number of hydrazone groups is 1. The van der Waals surface area contributed by atoms with Crippen molar-refractivity contribution < 1.29 is 14.3 Å². The van der Waals surface area contributed by atoms with Crippen molar-refractivity contribution in [2.75, 3.05) is 14.2 Å². The molecule has 8 heteroatoms. The third-order valence-electron chi connectivity index (χ3n) is 4.49. The zero-order chi connectivity index (χ0) is 21.7. The number of carbonyl (C=O) groups excluding carboxylic acids is 1. The van der Waals surface area contributed by atoms with Gasteiger partial charge in [-0.2, -0.15) is 10.2 Å². The normalized spacial score (nSPS) is 11.0. The summed E-state index contributed by atoms with van der Waals surface area (Å²) in [5.74, 6) is 0.876. The number of halogens is 1. The second-order valence-corrected chi connectivity index (χ2v) is 7.57. The highest BCUT2D eigenvalue weighted by Gasteiger charge is 2.10. The first-order valence-corrected chi connectivity index (χ1v) is 10.1. The molecule has 0 spiro atoms. The van der Waals surface area contributed by atoms with Gasteiger partial charge in [0, 0.05) is 11.3 Å². The van der Waals surface area contributed by atoms with Crippen LogP contribution in [0.5, 0.6) is 11.5 Å². The monoisotopic (exact) mass is 470 g/mol. The Morgan fingerprint density at radius 1 is 1.17 bits per heavy atom. The molecular formula is C22H23BrN4O3. The lowest BCUT2D eigenvalue weighted by molar-refractivity contribution is 0.0955. The van der Waals surface area contributed by atoms with Crippen LogP contribution in [-0.4, -0.2) is 36.1 Å². The van der Waals surface area contributed by atoms with Crippen molar-refractivity contribution in [1.29, 1.82) is 0 Å². The van der Waals surface area contributed by atoms with Crippen molar-refractivity contribution >= 4 is 28.1 Å². The highest BCUT2D eigenvalue weighted by Crippen LogP contribution is 2.35. The number of methoxy groups -OCH3 is 2. The largest absolute Gasteiger partial charge is 0.493 e. The number of aromatic nitrogens is 2. The van der Waals surface area contributed by atoms with Crippen LogP contribution in [0.3, 0.4) is 0 Å². The van der Waals surface area contributed by atoms with Crippen LogP contribution in [0.4, 0.5) is 0 Å². The van der Waals surface area contributed by atoms with Crippen molar-refractivity contribution in [3.8, 4) is 11.5 Å². The Morgan fingerprint density at radius 2 is 1.90 bits per heavy atom. The molecule has 30 heavy (non-hydrogen) atoms. The van der Waals surface area contributed by atoms with E-state index in [9.17, 15) is 4.79 Å². The first kappa shape index (κ1) is 21.6. The molecule has 1 aromatic heterocycles. The van der Waals surface area contributed by atoms with Crippen LogP contribution in [0.25, 0.3) is 0 Å². The molecule has 156 valence electrons. The maximum absolute atomic E-state index is 12.4. The van der Waals surface area contributed by atoms with E-state index in [1.165, 1.54) is 0 Å².